The van der Waals surface area contributed by atoms with Crippen LogP contribution in [0.4, 0.5) is 5.82 Å². The fourth-order valence-electron chi connectivity index (χ4n) is 4.09. The number of anilines is 1. The van der Waals surface area contributed by atoms with Crippen molar-refractivity contribution < 1.29 is 8.42 Å². The van der Waals surface area contributed by atoms with Gasteiger partial charge in [0.15, 0.2) is 5.65 Å². The van der Waals surface area contributed by atoms with Gasteiger partial charge >= 0.3 is 0 Å². The summed E-state index contributed by atoms with van der Waals surface area (Å²) in [6.45, 7) is 3.83. The molecule has 5 rings (SSSR count). The Morgan fingerprint density at radius 2 is 1.53 bits per heavy atom. The predicted molar refractivity (Wildman–Crippen MR) is 126 cm³/mol. The molecule has 0 aliphatic heterocycles. The lowest BCUT2D eigenvalue weighted by Crippen LogP contribution is -2.12. The van der Waals surface area contributed by atoms with Crippen molar-refractivity contribution in [1.29, 1.82) is 0 Å². The lowest BCUT2D eigenvalue weighted by atomic mass is 10.1. The number of sulfone groups is 1. The molecule has 0 saturated heterocycles. The molecule has 0 amide bonds. The van der Waals surface area contributed by atoms with E-state index < -0.39 is 9.84 Å². The largest absolute Gasteiger partial charge is 0.384 e. The molecule has 0 radical (unpaired) electrons. The second-order valence-electron chi connectivity index (χ2n) is 7.88. The van der Waals surface area contributed by atoms with Crippen LogP contribution in [-0.4, -0.2) is 23.0 Å². The van der Waals surface area contributed by atoms with Gasteiger partial charge in [0.05, 0.1) is 22.0 Å². The maximum Gasteiger partial charge on any atom is 0.212 e. The standard InChI is InChI=1S/C25H22N4O2S/c1-16-9-8-12-19(15-16)32(30,31)23-22-25(28-21-14-7-6-13-20(21)27-22)29(24(23)26)17(2)18-10-4-3-5-11-18/h3-15,17H,26H2,1-2H3/t17-/m0/s1. The van der Waals surface area contributed by atoms with Gasteiger partial charge in [-0.1, -0.05) is 54.6 Å². The average Bonchev–Trinajstić information content (AvgIpc) is 3.08. The summed E-state index contributed by atoms with van der Waals surface area (Å²) < 4.78 is 29.3. The Labute approximate surface area is 186 Å². The van der Waals surface area contributed by atoms with E-state index in [9.17, 15) is 8.42 Å². The van der Waals surface area contributed by atoms with Crippen LogP contribution in [0, 0.1) is 6.92 Å². The summed E-state index contributed by atoms with van der Waals surface area (Å²) in [6.07, 6.45) is 0. The Morgan fingerprint density at radius 1 is 0.875 bits per heavy atom. The predicted octanol–water partition coefficient (Wildman–Crippen LogP) is 4.92. The summed E-state index contributed by atoms with van der Waals surface area (Å²) in [5.74, 6) is 0.133. The Kier molecular flexibility index (Phi) is 4.71. The molecule has 5 aromatic rings. The number of nitrogens with two attached hydrogens (primary N) is 1. The van der Waals surface area contributed by atoms with Crippen molar-refractivity contribution in [1.82, 2.24) is 14.5 Å². The molecule has 160 valence electrons. The molecule has 32 heavy (non-hydrogen) atoms. The zero-order valence-corrected chi connectivity index (χ0v) is 18.5. The second kappa shape index (κ2) is 7.46. The molecule has 0 aliphatic carbocycles. The SMILES string of the molecule is Cc1cccc(S(=O)(=O)c2c(N)n([C@@H](C)c3ccccc3)c3nc4ccccc4nc23)c1. The van der Waals surface area contributed by atoms with Crippen LogP contribution in [0.15, 0.2) is 88.7 Å². The van der Waals surface area contributed by atoms with Crippen LogP contribution < -0.4 is 5.73 Å². The van der Waals surface area contributed by atoms with Crippen LogP contribution in [0.5, 0.6) is 0 Å². The molecule has 0 fully saturated rings. The van der Waals surface area contributed by atoms with Crippen LogP contribution in [0.1, 0.15) is 24.1 Å². The van der Waals surface area contributed by atoms with Gasteiger partial charge in [-0.2, -0.15) is 0 Å². The quantitative estimate of drug-likeness (QED) is 0.427. The first-order chi connectivity index (χ1) is 15.4. The number of benzene rings is 3. The zero-order chi connectivity index (χ0) is 22.5. The van der Waals surface area contributed by atoms with Crippen molar-refractivity contribution in [2.45, 2.75) is 29.7 Å². The van der Waals surface area contributed by atoms with Gasteiger partial charge in [0.25, 0.3) is 0 Å². The fraction of sp³-hybridized carbons (Fsp3) is 0.120. The summed E-state index contributed by atoms with van der Waals surface area (Å²) in [6, 6.07) is 23.8. The monoisotopic (exact) mass is 442 g/mol. The van der Waals surface area contributed by atoms with Crippen molar-refractivity contribution in [3.05, 3.63) is 90.0 Å². The Morgan fingerprint density at radius 3 is 2.22 bits per heavy atom. The summed E-state index contributed by atoms with van der Waals surface area (Å²) in [5, 5.41) is 0. The fourth-order valence-corrected chi connectivity index (χ4v) is 5.69. The smallest absolute Gasteiger partial charge is 0.212 e. The summed E-state index contributed by atoms with van der Waals surface area (Å²) in [7, 11) is -3.93. The van der Waals surface area contributed by atoms with E-state index >= 15 is 0 Å². The first-order valence-corrected chi connectivity index (χ1v) is 11.8. The third-order valence-electron chi connectivity index (χ3n) is 5.73. The molecule has 0 bridgehead atoms. The number of fused-ring (bicyclic) bond motifs is 2. The van der Waals surface area contributed by atoms with Crippen molar-refractivity contribution in [2.75, 3.05) is 5.73 Å². The van der Waals surface area contributed by atoms with E-state index in [1.807, 2.05) is 74.5 Å². The highest BCUT2D eigenvalue weighted by Crippen LogP contribution is 2.38. The van der Waals surface area contributed by atoms with Gasteiger partial charge in [-0.05, 0) is 49.2 Å². The van der Waals surface area contributed by atoms with E-state index in [-0.39, 0.29) is 27.2 Å². The molecule has 7 heteroatoms. The van der Waals surface area contributed by atoms with Crippen LogP contribution in [0.2, 0.25) is 0 Å². The summed E-state index contributed by atoms with van der Waals surface area (Å²) in [4.78, 5) is 9.68. The van der Waals surface area contributed by atoms with Gasteiger partial charge in [-0.3, -0.25) is 0 Å². The first kappa shape index (κ1) is 20.2. The highest BCUT2D eigenvalue weighted by molar-refractivity contribution is 7.92. The molecule has 2 N–H and O–H groups in total. The number of rotatable bonds is 4. The van der Waals surface area contributed by atoms with Crippen molar-refractivity contribution in [2.24, 2.45) is 0 Å². The Hall–Kier alpha value is -3.71. The highest BCUT2D eigenvalue weighted by Gasteiger charge is 2.31. The van der Waals surface area contributed by atoms with Crippen molar-refractivity contribution >= 4 is 37.9 Å². The van der Waals surface area contributed by atoms with Gasteiger partial charge in [0.1, 0.15) is 16.2 Å². The van der Waals surface area contributed by atoms with Crippen LogP contribution >= 0.6 is 0 Å². The number of nitrogens with zero attached hydrogens (tertiary/aromatic N) is 3. The van der Waals surface area contributed by atoms with Gasteiger partial charge in [0, 0.05) is 0 Å². The molecule has 1 atom stereocenters. The minimum atomic E-state index is -3.93. The lowest BCUT2D eigenvalue weighted by molar-refractivity contribution is 0.596. The van der Waals surface area contributed by atoms with E-state index in [0.29, 0.717) is 16.7 Å². The van der Waals surface area contributed by atoms with Crippen LogP contribution in [0.25, 0.3) is 22.2 Å². The average molecular weight is 443 g/mol. The topological polar surface area (TPSA) is 90.9 Å². The third kappa shape index (κ3) is 3.13. The van der Waals surface area contributed by atoms with Gasteiger partial charge in [0.2, 0.25) is 9.84 Å². The second-order valence-corrected chi connectivity index (χ2v) is 9.76. The minimum Gasteiger partial charge on any atom is -0.384 e. The number of hydrogen-bond acceptors (Lipinski definition) is 5. The minimum absolute atomic E-state index is 0.000802. The molecule has 3 aromatic carbocycles. The lowest BCUT2D eigenvalue weighted by Gasteiger charge is -2.17. The number of aryl methyl sites for hydroxylation is 1. The summed E-state index contributed by atoms with van der Waals surface area (Å²) >= 11 is 0. The molecule has 0 unspecified atom stereocenters. The maximum absolute atomic E-state index is 13.8. The number of hydrogen-bond donors (Lipinski definition) is 1. The van der Waals surface area contributed by atoms with Gasteiger partial charge in [-0.15, -0.1) is 0 Å². The molecule has 2 heterocycles. The molecule has 0 spiro atoms. The van der Waals surface area contributed by atoms with Gasteiger partial charge in [-0.25, -0.2) is 18.4 Å². The van der Waals surface area contributed by atoms with E-state index in [1.165, 1.54) is 0 Å². The Bertz CT molecular complexity index is 1570. The molecule has 0 saturated carbocycles. The number of nitrogen functional groups attached to an aromatic ring is 1. The molecular weight excluding hydrogens is 420 g/mol. The van der Waals surface area contributed by atoms with Crippen molar-refractivity contribution in [3.8, 4) is 0 Å². The first-order valence-electron chi connectivity index (χ1n) is 10.3. The third-order valence-corrected chi connectivity index (χ3v) is 7.54. The molecule has 0 aliphatic rings. The zero-order valence-electron chi connectivity index (χ0n) is 17.7. The summed E-state index contributed by atoms with van der Waals surface area (Å²) in [5.41, 5.74) is 10.4. The van der Waals surface area contributed by atoms with E-state index in [4.69, 9.17) is 15.7 Å². The van der Waals surface area contributed by atoms with E-state index in [2.05, 4.69) is 0 Å². The van der Waals surface area contributed by atoms with E-state index in [0.717, 1.165) is 11.1 Å². The van der Waals surface area contributed by atoms with Gasteiger partial charge < -0.3 is 10.3 Å². The van der Waals surface area contributed by atoms with Crippen LogP contribution in [-0.2, 0) is 9.84 Å². The Balaban J connectivity index is 1.87. The highest BCUT2D eigenvalue weighted by atomic mass is 32.2. The molecular formula is C25H22N4O2S. The number of para-hydroxylation sites is 2. The number of aromatic nitrogens is 3. The van der Waals surface area contributed by atoms with E-state index in [1.54, 1.807) is 22.8 Å². The van der Waals surface area contributed by atoms with Crippen LogP contribution in [0.3, 0.4) is 0 Å². The molecule has 6 nitrogen and oxygen atoms in total. The maximum atomic E-state index is 13.8. The normalized spacial score (nSPS) is 12.9. The van der Waals surface area contributed by atoms with Crippen molar-refractivity contribution in [3.63, 3.8) is 0 Å². The molecule has 2 aromatic heterocycles.